The van der Waals surface area contributed by atoms with E-state index in [1.165, 1.54) is 36.0 Å². The summed E-state index contributed by atoms with van der Waals surface area (Å²) in [6.45, 7) is 1.24. The van der Waals surface area contributed by atoms with Crippen LogP contribution >= 0.6 is 11.8 Å². The fourth-order valence-corrected chi connectivity index (χ4v) is 6.79. The van der Waals surface area contributed by atoms with E-state index in [1.54, 1.807) is 16.1 Å². The van der Waals surface area contributed by atoms with Crippen LogP contribution in [0.1, 0.15) is 19.4 Å². The fraction of sp³-hybridized carbons (Fsp3) is 0.385. The molecular weight excluding hydrogens is 649 g/mol. The molecule has 45 heavy (non-hydrogen) atoms. The van der Waals surface area contributed by atoms with Gasteiger partial charge >= 0.3 is 13.0 Å². The zero-order chi connectivity index (χ0) is 32.8. The second-order valence-corrected chi connectivity index (χ2v) is 11.9. The number of carbonyl (C=O) groups is 1. The van der Waals surface area contributed by atoms with E-state index < -0.39 is 40.7 Å². The molecule has 1 fully saturated rings. The molecule has 0 radical (unpaired) electrons. The molecule has 0 aromatic heterocycles. The highest BCUT2D eigenvalue weighted by Gasteiger charge is 2.42. The number of hydrogen-bond donors (Lipinski definition) is 1. The van der Waals surface area contributed by atoms with Crippen LogP contribution < -0.4 is 14.8 Å². The molecule has 0 bridgehead atoms. The minimum absolute atomic E-state index is 0.0563. The van der Waals surface area contributed by atoms with Crippen LogP contribution in [0.25, 0.3) is 0 Å². The Hall–Kier alpha value is -3.97. The lowest BCUT2D eigenvalue weighted by Gasteiger charge is -2.39. The molecule has 1 N–H and O–H groups in total. The number of amidine groups is 2. The van der Waals surface area contributed by atoms with Gasteiger partial charge in [0.1, 0.15) is 17.5 Å². The van der Waals surface area contributed by atoms with Gasteiger partial charge in [-0.15, -0.1) is 23.4 Å². The first-order valence-corrected chi connectivity index (χ1v) is 15.7. The largest absolute Gasteiger partial charge is 0.573 e. The number of amides is 1. The molecule has 0 spiro atoms. The topological polar surface area (TPSA) is 128 Å². The van der Waals surface area contributed by atoms with Crippen molar-refractivity contribution in [1.82, 2.24) is 19.5 Å². The predicted octanol–water partition coefficient (Wildman–Crippen LogP) is 3.88. The molecule has 3 heterocycles. The molecular formula is C26H28F5N7O5S2. The van der Waals surface area contributed by atoms with Gasteiger partial charge in [-0.3, -0.25) is 4.79 Å². The van der Waals surface area contributed by atoms with E-state index in [4.69, 9.17) is 0 Å². The van der Waals surface area contributed by atoms with E-state index in [-0.39, 0.29) is 36.8 Å². The number of nitrogens with zero attached hydrogens (tertiary/aromatic N) is 6. The van der Waals surface area contributed by atoms with Gasteiger partial charge in [-0.1, -0.05) is 26.0 Å². The Morgan fingerprint density at radius 2 is 1.71 bits per heavy atom. The summed E-state index contributed by atoms with van der Waals surface area (Å²) in [7, 11) is -4.36. The van der Waals surface area contributed by atoms with Crippen LogP contribution in [0, 0.1) is 0 Å². The van der Waals surface area contributed by atoms with Gasteiger partial charge in [0, 0.05) is 32.4 Å². The van der Waals surface area contributed by atoms with E-state index in [1.807, 2.05) is 13.8 Å². The van der Waals surface area contributed by atoms with Crippen molar-refractivity contribution in [3.8, 4) is 11.5 Å². The standard InChI is InChI=1S/C24H22F5N7O5S2.C2H6/c25-21(26)40-16-3-1-15(2-4-16)13-30-20(37)19-14-34(23-33-35-10-9-31-32-22(35)42-23)11-12-36(19)43(38,39)18-7-5-17(6-8-18)41-24(27,28)29;1-2/h1-9,19,21H,10-14H2,(H,30,37);1-2H3/t19-;/m1./s1. The highest BCUT2D eigenvalue weighted by Crippen LogP contribution is 2.30. The predicted molar refractivity (Wildman–Crippen MR) is 156 cm³/mol. The van der Waals surface area contributed by atoms with Gasteiger partial charge in [-0.2, -0.15) is 18.2 Å². The number of hydrogen-bond acceptors (Lipinski definition) is 11. The van der Waals surface area contributed by atoms with Crippen molar-refractivity contribution < 1.29 is 44.6 Å². The van der Waals surface area contributed by atoms with Crippen molar-refractivity contribution in [3.63, 3.8) is 0 Å². The average molecular weight is 678 g/mol. The second-order valence-electron chi connectivity index (χ2n) is 9.08. The molecule has 5 rings (SSSR count). The Bertz CT molecular complexity index is 1540. The molecule has 1 saturated heterocycles. The third-order valence-electron chi connectivity index (χ3n) is 6.27. The number of ether oxygens (including phenoxy) is 2. The lowest BCUT2D eigenvalue weighted by Crippen LogP contribution is -2.61. The number of alkyl halides is 5. The normalized spacial score (nSPS) is 18.4. The van der Waals surface area contributed by atoms with Crippen LogP contribution in [0.5, 0.6) is 11.5 Å². The fourth-order valence-electron chi connectivity index (χ4n) is 4.31. The Morgan fingerprint density at radius 3 is 2.33 bits per heavy atom. The Morgan fingerprint density at radius 1 is 1.04 bits per heavy atom. The van der Waals surface area contributed by atoms with Crippen molar-refractivity contribution in [2.24, 2.45) is 15.3 Å². The number of rotatable bonds is 8. The van der Waals surface area contributed by atoms with Gasteiger partial charge in [0.05, 0.1) is 11.4 Å². The van der Waals surface area contributed by atoms with Crippen molar-refractivity contribution in [2.75, 3.05) is 26.2 Å². The monoisotopic (exact) mass is 677 g/mol. The van der Waals surface area contributed by atoms with Crippen LogP contribution in [0.3, 0.4) is 0 Å². The van der Waals surface area contributed by atoms with Gasteiger partial charge in [0.15, 0.2) is 5.17 Å². The number of hydrazone groups is 1. The van der Waals surface area contributed by atoms with Crippen molar-refractivity contribution in [2.45, 2.75) is 44.3 Å². The Labute approximate surface area is 259 Å². The summed E-state index contributed by atoms with van der Waals surface area (Å²) in [5.74, 6) is -1.34. The molecule has 2 aromatic carbocycles. The first-order valence-electron chi connectivity index (χ1n) is 13.5. The Kier molecular flexibility index (Phi) is 10.9. The molecule has 2 aromatic rings. The van der Waals surface area contributed by atoms with Crippen molar-refractivity contribution in [1.29, 1.82) is 0 Å². The Balaban J connectivity index is 0.00000226. The number of piperazine rings is 1. The molecule has 0 aliphatic carbocycles. The minimum atomic E-state index is -4.96. The highest BCUT2D eigenvalue weighted by atomic mass is 32.2. The van der Waals surface area contributed by atoms with Crippen LogP contribution in [0.4, 0.5) is 22.0 Å². The summed E-state index contributed by atoms with van der Waals surface area (Å²) < 4.78 is 99.0. The number of fused-ring (bicyclic) bond motifs is 1. The first kappa shape index (κ1) is 33.9. The zero-order valence-electron chi connectivity index (χ0n) is 23.8. The SMILES string of the molecule is CC.O=C(NCc1ccc(OC(F)F)cc1)[C@H]1CN(C2=NN3CC=NN=C3S2)CCN1S(=O)(=O)c1ccc(OC(F)(F)F)cc1. The summed E-state index contributed by atoms with van der Waals surface area (Å²) >= 11 is 1.21. The van der Waals surface area contributed by atoms with Gasteiger partial charge in [-0.25, -0.2) is 13.4 Å². The molecule has 1 amide bonds. The smallest absolute Gasteiger partial charge is 0.435 e. The lowest BCUT2D eigenvalue weighted by atomic mass is 10.2. The maximum Gasteiger partial charge on any atom is 0.573 e. The maximum atomic E-state index is 13.6. The second kappa shape index (κ2) is 14.4. The van der Waals surface area contributed by atoms with E-state index in [0.717, 1.165) is 28.6 Å². The van der Waals surface area contributed by atoms with E-state index in [0.29, 0.717) is 22.4 Å². The van der Waals surface area contributed by atoms with Crippen molar-refractivity contribution >= 4 is 44.2 Å². The van der Waals surface area contributed by atoms with Crippen LogP contribution in [0.2, 0.25) is 0 Å². The van der Waals surface area contributed by atoms with Crippen molar-refractivity contribution in [3.05, 3.63) is 54.1 Å². The zero-order valence-corrected chi connectivity index (χ0v) is 25.5. The molecule has 244 valence electrons. The number of thioether (sulfide) groups is 1. The molecule has 1 atom stereocenters. The average Bonchev–Trinajstić information content (AvgIpc) is 3.45. The summed E-state index contributed by atoms with van der Waals surface area (Å²) in [5, 5.41) is 17.6. The molecule has 19 heteroatoms. The molecule has 0 saturated carbocycles. The molecule has 0 unspecified atom stereocenters. The van der Waals surface area contributed by atoms with Gasteiger partial charge < -0.3 is 19.7 Å². The number of sulfonamides is 1. The van der Waals surface area contributed by atoms with E-state index in [9.17, 15) is 35.2 Å². The van der Waals surface area contributed by atoms with Gasteiger partial charge in [-0.05, 0) is 53.7 Å². The van der Waals surface area contributed by atoms with Gasteiger partial charge in [0.25, 0.3) is 0 Å². The summed E-state index contributed by atoms with van der Waals surface area (Å²) in [4.78, 5) is 14.9. The first-order chi connectivity index (χ1) is 21.4. The van der Waals surface area contributed by atoms with Crippen LogP contribution in [-0.4, -0.2) is 90.3 Å². The molecule has 12 nitrogen and oxygen atoms in total. The summed E-state index contributed by atoms with van der Waals surface area (Å²) in [5.41, 5.74) is 0.530. The third kappa shape index (κ3) is 8.60. The number of benzene rings is 2. The van der Waals surface area contributed by atoms with Crippen LogP contribution in [-0.2, 0) is 21.4 Å². The number of nitrogens with one attached hydrogen (secondary N) is 1. The molecule has 3 aliphatic heterocycles. The summed E-state index contributed by atoms with van der Waals surface area (Å²) in [6, 6.07) is 7.93. The number of halogens is 5. The quantitative estimate of drug-likeness (QED) is 0.417. The summed E-state index contributed by atoms with van der Waals surface area (Å²) in [6.07, 6.45) is -3.39. The van der Waals surface area contributed by atoms with E-state index >= 15 is 0 Å². The lowest BCUT2D eigenvalue weighted by molar-refractivity contribution is -0.274. The van der Waals surface area contributed by atoms with Gasteiger partial charge in [0.2, 0.25) is 21.1 Å². The highest BCUT2D eigenvalue weighted by molar-refractivity contribution is 8.26. The number of carbonyl (C=O) groups excluding carboxylic acids is 1. The maximum absolute atomic E-state index is 13.6. The molecule has 3 aliphatic rings. The van der Waals surface area contributed by atoms with E-state index in [2.05, 4.69) is 30.1 Å². The third-order valence-corrected chi connectivity index (χ3v) is 9.19. The van der Waals surface area contributed by atoms with Crippen LogP contribution in [0.15, 0.2) is 68.7 Å². The minimum Gasteiger partial charge on any atom is -0.435 e.